The lowest BCUT2D eigenvalue weighted by Gasteiger charge is -2.19. The Bertz CT molecular complexity index is 1460. The van der Waals surface area contributed by atoms with Gasteiger partial charge in [0.25, 0.3) is 15.9 Å². The topological polar surface area (TPSA) is 66.5 Å². The molecular formula is C27H22N2O3S. The van der Waals surface area contributed by atoms with Gasteiger partial charge in [-0.3, -0.25) is 9.10 Å². The molecule has 1 amide bonds. The van der Waals surface area contributed by atoms with E-state index in [-0.39, 0.29) is 16.4 Å². The van der Waals surface area contributed by atoms with E-state index >= 15 is 0 Å². The highest BCUT2D eigenvalue weighted by molar-refractivity contribution is 7.92. The number of nitrogens with zero attached hydrogens (tertiary/aromatic N) is 1. The van der Waals surface area contributed by atoms with Crippen molar-refractivity contribution in [1.82, 2.24) is 0 Å². The van der Waals surface area contributed by atoms with Crippen LogP contribution in [0.5, 0.6) is 0 Å². The minimum Gasteiger partial charge on any atom is -0.322 e. The number of sulfonamides is 1. The van der Waals surface area contributed by atoms with Crippen LogP contribution in [0.3, 0.4) is 0 Å². The number of carbonyl (C=O) groups is 1. The predicted molar refractivity (Wildman–Crippen MR) is 131 cm³/mol. The molecule has 4 aromatic rings. The predicted octanol–water partition coefficient (Wildman–Crippen LogP) is 5.34. The van der Waals surface area contributed by atoms with E-state index in [1.807, 2.05) is 36.4 Å². The quantitative estimate of drug-likeness (QED) is 0.390. The molecule has 0 saturated carbocycles. The van der Waals surface area contributed by atoms with Crippen LogP contribution in [0.4, 0.5) is 11.4 Å². The van der Waals surface area contributed by atoms with Gasteiger partial charge < -0.3 is 5.32 Å². The average Bonchev–Trinajstić information content (AvgIpc) is 3.22. The van der Waals surface area contributed by atoms with Gasteiger partial charge in [-0.1, -0.05) is 54.6 Å². The van der Waals surface area contributed by atoms with E-state index < -0.39 is 10.0 Å². The molecule has 0 fully saturated rings. The Morgan fingerprint density at radius 2 is 1.52 bits per heavy atom. The Morgan fingerprint density at radius 3 is 2.33 bits per heavy atom. The molecule has 0 spiro atoms. The Balaban J connectivity index is 1.40. The summed E-state index contributed by atoms with van der Waals surface area (Å²) in [7, 11) is -2.31. The summed E-state index contributed by atoms with van der Waals surface area (Å²) in [6.07, 6.45) is 0.884. The van der Waals surface area contributed by atoms with E-state index in [1.54, 1.807) is 36.4 Å². The van der Waals surface area contributed by atoms with Crippen LogP contribution in [0, 0.1) is 0 Å². The molecule has 0 radical (unpaired) electrons. The van der Waals surface area contributed by atoms with Crippen molar-refractivity contribution < 1.29 is 13.2 Å². The summed E-state index contributed by atoms with van der Waals surface area (Å²) in [5.74, 6) is -0.361. The van der Waals surface area contributed by atoms with Crippen LogP contribution in [-0.2, 0) is 16.4 Å². The number of anilines is 2. The summed E-state index contributed by atoms with van der Waals surface area (Å²) >= 11 is 0. The van der Waals surface area contributed by atoms with Gasteiger partial charge in [0.15, 0.2) is 0 Å². The number of nitrogens with one attached hydrogen (secondary N) is 1. The fourth-order valence-corrected chi connectivity index (χ4v) is 5.38. The summed E-state index contributed by atoms with van der Waals surface area (Å²) in [6, 6.07) is 29.1. The van der Waals surface area contributed by atoms with E-state index in [1.165, 1.54) is 40.2 Å². The molecule has 0 unspecified atom stereocenters. The lowest BCUT2D eigenvalue weighted by atomic mass is 10.1. The molecule has 1 aliphatic carbocycles. The van der Waals surface area contributed by atoms with Gasteiger partial charge in [0.05, 0.1) is 10.6 Å². The molecule has 0 aromatic heterocycles. The van der Waals surface area contributed by atoms with Gasteiger partial charge >= 0.3 is 0 Å². The van der Waals surface area contributed by atoms with Crippen LogP contribution >= 0.6 is 0 Å². The van der Waals surface area contributed by atoms with E-state index in [4.69, 9.17) is 0 Å². The van der Waals surface area contributed by atoms with Crippen LogP contribution in [0.25, 0.3) is 11.1 Å². The summed E-state index contributed by atoms with van der Waals surface area (Å²) in [5, 5.41) is 2.91. The second-order valence-corrected chi connectivity index (χ2v) is 9.97. The monoisotopic (exact) mass is 454 g/mol. The van der Waals surface area contributed by atoms with Crippen LogP contribution in [0.15, 0.2) is 102 Å². The zero-order valence-corrected chi connectivity index (χ0v) is 18.8. The largest absolute Gasteiger partial charge is 0.322 e. The van der Waals surface area contributed by atoms with Crippen molar-refractivity contribution in [3.05, 3.63) is 114 Å². The van der Waals surface area contributed by atoms with E-state index in [2.05, 4.69) is 17.4 Å². The van der Waals surface area contributed by atoms with Crippen LogP contribution in [-0.4, -0.2) is 21.4 Å². The normalized spacial score (nSPS) is 12.0. The van der Waals surface area contributed by atoms with Crippen molar-refractivity contribution in [1.29, 1.82) is 0 Å². The molecule has 164 valence electrons. The van der Waals surface area contributed by atoms with Gasteiger partial charge in [-0.15, -0.1) is 0 Å². The highest BCUT2D eigenvalue weighted by atomic mass is 32.2. The van der Waals surface area contributed by atoms with Crippen molar-refractivity contribution in [2.24, 2.45) is 0 Å². The van der Waals surface area contributed by atoms with Crippen LogP contribution in [0.2, 0.25) is 0 Å². The van der Waals surface area contributed by atoms with E-state index in [0.29, 0.717) is 11.4 Å². The number of fused-ring (bicyclic) bond motifs is 3. The first-order chi connectivity index (χ1) is 15.9. The molecule has 33 heavy (non-hydrogen) atoms. The van der Waals surface area contributed by atoms with Gasteiger partial charge in [-0.25, -0.2) is 8.42 Å². The third-order valence-electron chi connectivity index (χ3n) is 5.93. The number of amides is 1. The van der Waals surface area contributed by atoms with E-state index in [9.17, 15) is 13.2 Å². The third kappa shape index (κ3) is 3.90. The number of benzene rings is 4. The van der Waals surface area contributed by atoms with Crippen LogP contribution < -0.4 is 9.62 Å². The first kappa shape index (κ1) is 21.0. The fraction of sp³-hybridized carbons (Fsp3) is 0.0741. The maximum atomic E-state index is 13.1. The lowest BCUT2D eigenvalue weighted by molar-refractivity contribution is 0.102. The number of rotatable bonds is 5. The first-order valence-electron chi connectivity index (χ1n) is 10.6. The van der Waals surface area contributed by atoms with Gasteiger partial charge in [-0.05, 0) is 71.1 Å². The second kappa shape index (κ2) is 8.22. The summed E-state index contributed by atoms with van der Waals surface area (Å²) in [4.78, 5) is 13.0. The third-order valence-corrected chi connectivity index (χ3v) is 7.71. The number of para-hydroxylation sites is 1. The molecule has 1 aliphatic rings. The molecule has 6 heteroatoms. The minimum atomic E-state index is -3.81. The van der Waals surface area contributed by atoms with Gasteiger partial charge in [0.2, 0.25) is 0 Å². The zero-order chi connectivity index (χ0) is 23.0. The standard InChI is InChI=1S/C27H22N2O3S/c1-29(23-10-3-2-4-11-23)33(31,32)24-12-7-9-21(17-24)27(30)28-22-15-14-20-16-19-8-5-6-13-25(19)26(20)18-22/h2-15,17-18H,16H2,1H3,(H,28,30). The maximum Gasteiger partial charge on any atom is 0.264 e. The number of carbonyl (C=O) groups excluding carboxylic acids is 1. The van der Waals surface area contributed by atoms with Crippen molar-refractivity contribution in [2.45, 2.75) is 11.3 Å². The molecule has 0 atom stereocenters. The summed E-state index contributed by atoms with van der Waals surface area (Å²) in [6.45, 7) is 0. The molecule has 1 N–H and O–H groups in total. The molecular weight excluding hydrogens is 432 g/mol. The molecule has 0 saturated heterocycles. The SMILES string of the molecule is CN(c1ccccc1)S(=O)(=O)c1cccc(C(=O)Nc2ccc3c(c2)-c2ccccc2C3)c1. The fourth-order valence-electron chi connectivity index (χ4n) is 4.14. The maximum absolute atomic E-state index is 13.1. The Kier molecular flexibility index (Phi) is 5.23. The Morgan fingerprint density at radius 1 is 0.788 bits per heavy atom. The van der Waals surface area contributed by atoms with Crippen molar-refractivity contribution >= 4 is 27.3 Å². The highest BCUT2D eigenvalue weighted by Crippen LogP contribution is 2.37. The van der Waals surface area contributed by atoms with Crippen molar-refractivity contribution in [3.63, 3.8) is 0 Å². The van der Waals surface area contributed by atoms with Gasteiger partial charge in [-0.2, -0.15) is 0 Å². The number of hydrogen-bond acceptors (Lipinski definition) is 3. The van der Waals surface area contributed by atoms with Crippen molar-refractivity contribution in [3.8, 4) is 11.1 Å². The van der Waals surface area contributed by atoms with Crippen LogP contribution in [0.1, 0.15) is 21.5 Å². The Labute approximate surface area is 193 Å². The molecule has 0 aliphatic heterocycles. The smallest absolute Gasteiger partial charge is 0.264 e. The van der Waals surface area contributed by atoms with Gasteiger partial charge in [0.1, 0.15) is 0 Å². The zero-order valence-electron chi connectivity index (χ0n) is 18.0. The Hall–Kier alpha value is -3.90. The molecule has 0 heterocycles. The first-order valence-corrected chi connectivity index (χ1v) is 12.0. The molecule has 0 bridgehead atoms. The van der Waals surface area contributed by atoms with E-state index in [0.717, 1.165) is 12.0 Å². The van der Waals surface area contributed by atoms with Gasteiger partial charge in [0, 0.05) is 18.3 Å². The minimum absolute atomic E-state index is 0.0596. The van der Waals surface area contributed by atoms with Crippen molar-refractivity contribution in [2.75, 3.05) is 16.7 Å². The second-order valence-electron chi connectivity index (χ2n) is 8.00. The molecule has 5 rings (SSSR count). The average molecular weight is 455 g/mol. The lowest BCUT2D eigenvalue weighted by Crippen LogP contribution is -2.26. The summed E-state index contributed by atoms with van der Waals surface area (Å²) < 4.78 is 27.4. The summed E-state index contributed by atoms with van der Waals surface area (Å²) in [5.41, 5.74) is 6.29. The molecule has 4 aromatic carbocycles. The highest BCUT2D eigenvalue weighted by Gasteiger charge is 2.23. The molecule has 5 nitrogen and oxygen atoms in total. The number of hydrogen-bond donors (Lipinski definition) is 1.